The molecule has 45 heteroatoms. The zero-order chi connectivity index (χ0) is 107. The van der Waals surface area contributed by atoms with Crippen molar-refractivity contribution in [2.75, 3.05) is 89.3 Å². The van der Waals surface area contributed by atoms with Gasteiger partial charge >= 0.3 is 0 Å². The molecule has 16 rings (SSSR count). The molecule has 0 radical (unpaired) electrons. The van der Waals surface area contributed by atoms with E-state index in [4.69, 9.17) is 56.1 Å². The zero-order valence-electron chi connectivity index (χ0n) is 85.6. The molecule has 0 saturated carbocycles. The van der Waals surface area contributed by atoms with Gasteiger partial charge in [0, 0.05) is 97.6 Å². The number of piperidine rings is 2. The number of aromatic amines is 1. The molecule has 0 bridgehead atoms. The van der Waals surface area contributed by atoms with Crippen LogP contribution in [0, 0.1) is 47.2 Å². The average molecular weight is 2100 g/mol. The van der Waals surface area contributed by atoms with Crippen LogP contribution in [0.15, 0.2) is 203 Å². The van der Waals surface area contributed by atoms with E-state index in [2.05, 4.69) is 136 Å². The molecule has 11 aromatic heterocycles. The molecule has 15 heterocycles. The number of carbonyl (C=O) groups excluding carboxylic acids is 4. The summed E-state index contributed by atoms with van der Waals surface area (Å²) in [6, 6.07) is 38.3. The second-order valence-corrected chi connectivity index (χ2v) is 46.3. The van der Waals surface area contributed by atoms with Gasteiger partial charge in [-0.25, -0.2) is 73.1 Å². The van der Waals surface area contributed by atoms with Gasteiger partial charge in [-0.2, -0.15) is 38.8 Å². The van der Waals surface area contributed by atoms with Crippen molar-refractivity contribution in [3.63, 3.8) is 0 Å². The lowest BCUT2D eigenvalue weighted by Gasteiger charge is -2.36. The van der Waals surface area contributed by atoms with Crippen LogP contribution in [0.25, 0.3) is 45.2 Å². The summed E-state index contributed by atoms with van der Waals surface area (Å²) in [6.07, 6.45) is 12.4. The molecule has 0 aliphatic carbocycles. The monoisotopic (exact) mass is 2100 g/mol. The molecule has 786 valence electrons. The van der Waals surface area contributed by atoms with Crippen LogP contribution in [0.5, 0.6) is 23.4 Å². The van der Waals surface area contributed by atoms with Crippen molar-refractivity contribution < 1.29 is 76.2 Å². The highest BCUT2D eigenvalue weighted by Crippen LogP contribution is 2.43. The van der Waals surface area contributed by atoms with E-state index in [1.807, 2.05) is 77.3 Å². The van der Waals surface area contributed by atoms with Crippen LogP contribution in [0.3, 0.4) is 0 Å². The summed E-state index contributed by atoms with van der Waals surface area (Å²) in [6.45, 7) is 39.8. The highest BCUT2D eigenvalue weighted by Gasteiger charge is 2.43. The Labute approximate surface area is 862 Å². The Morgan fingerprint density at radius 3 is 1.30 bits per heavy atom. The van der Waals surface area contributed by atoms with Crippen molar-refractivity contribution in [2.45, 2.75) is 193 Å². The number of rotatable bonds is 30. The molecule has 4 aliphatic heterocycles. The number of H-pyrrole nitrogens is 1. The first kappa shape index (κ1) is 110. The molecule has 1 aromatic carbocycles. The number of anilines is 7. The lowest BCUT2D eigenvalue weighted by molar-refractivity contribution is 0.0972. The summed E-state index contributed by atoms with van der Waals surface area (Å²) < 4.78 is 148. The molecule has 40 nitrogen and oxygen atoms in total. The van der Waals surface area contributed by atoms with Gasteiger partial charge in [-0.15, -0.1) is 0 Å². The lowest BCUT2D eigenvalue weighted by Crippen LogP contribution is -2.43. The van der Waals surface area contributed by atoms with Crippen molar-refractivity contribution >= 4 is 104 Å². The van der Waals surface area contributed by atoms with Gasteiger partial charge in [0.2, 0.25) is 17.6 Å². The topological polar surface area (TPSA) is 551 Å². The van der Waals surface area contributed by atoms with Crippen molar-refractivity contribution in [3.8, 4) is 68.5 Å². The predicted octanol–water partition coefficient (Wildman–Crippen LogP) is 14.5. The molecule has 148 heavy (non-hydrogen) atoms. The van der Waals surface area contributed by atoms with E-state index in [9.17, 15) is 57.2 Å². The van der Waals surface area contributed by atoms with Crippen LogP contribution in [-0.2, 0) is 40.1 Å². The molecule has 4 atom stereocenters. The van der Waals surface area contributed by atoms with E-state index >= 15 is 0 Å². The Morgan fingerprint density at radius 2 is 0.872 bits per heavy atom. The number of hydrogen-bond donors (Lipinski definition) is 8. The Balaban J connectivity index is 0.000000165. The quantitative estimate of drug-likeness (QED) is 0.0207. The third-order valence-corrected chi connectivity index (χ3v) is 29.7. The number of nitrogens with one attached hydrogen (secondary N) is 5. The normalized spacial score (nSPS) is 16.7. The van der Waals surface area contributed by atoms with Gasteiger partial charge in [-0.1, -0.05) is 80.5 Å². The molecule has 4 aliphatic rings. The summed E-state index contributed by atoms with van der Waals surface area (Å²) in [5.74, 6) is 2.31. The standard InChI is InChI=1S/C27H32FN5O4S.C26H33N7O4S.C26H32N6O4S.C24H30N6O4S/c1-17(2)16-37-21-14-19(13-20(28)15-21)23-8-7-22(26(30-23)33-11-9-18(3)10-12-33)27(34)32-38(35,36)25-6-4-5-24(29)31-25;1-16(2)15-37-22-13-28-12-20(29-22)19-10-9-18(24(30-19)33-14-17(3)11-26(33,4)5)25(34)32-38(35,36)23-8-6-7-21(27)31-23;1-16(2)36-22-12-9-18(15-28-22)20-11-10-19(24(29-20)32-14-13-17(3)26(32,4)5)25(33)31-37(34,35)23-8-6-7-21(27)30-23;1-15(2)34-21-8-5-18(12-25-21)20-7-6-19(23(27-20)30-13-16(3)11-17(4)14-30)24(31)29-35(32,33)22-9-10-26-28-22/h4-8,13-15,17-18H,9-12,16H2,1-3H3,(H2,29,31)(H,32,34);6-10,12-13,16-17H,11,14-15H2,1-5H3,(H2,27,31)(H,32,34);6-12,15-17H,13-14H2,1-5H3,(H2,27,30)(H,31,33);5-10,12,15-17H,11,13-14H2,1-4H3,(H,26,28)(H,29,31). The molecular formula is C103H127FN24O16S4. The van der Waals surface area contributed by atoms with Gasteiger partial charge in [-0.3, -0.25) is 29.3 Å². The molecule has 12 aromatic rings. The van der Waals surface area contributed by atoms with Gasteiger partial charge in [0.25, 0.3) is 63.7 Å². The first-order valence-corrected chi connectivity index (χ1v) is 54.5. The van der Waals surface area contributed by atoms with Crippen LogP contribution in [0.1, 0.15) is 191 Å². The van der Waals surface area contributed by atoms with Crippen molar-refractivity contribution in [2.24, 2.45) is 41.4 Å². The predicted molar refractivity (Wildman–Crippen MR) is 561 cm³/mol. The number of sulfonamides is 4. The van der Waals surface area contributed by atoms with E-state index in [1.165, 1.54) is 91.3 Å². The second-order valence-electron chi connectivity index (χ2n) is 39.8. The number of benzene rings is 1. The molecule has 4 amide bonds. The average Bonchev–Trinajstić information content (AvgIpc) is 1.60. The number of ether oxygens (including phenoxy) is 4. The molecule has 11 N–H and O–H groups in total. The molecule has 4 saturated heterocycles. The van der Waals surface area contributed by atoms with Crippen LogP contribution in [-0.4, -0.2) is 198 Å². The van der Waals surface area contributed by atoms with Gasteiger partial charge in [0.15, 0.2) is 20.1 Å². The summed E-state index contributed by atoms with van der Waals surface area (Å²) in [7, 11) is -16.9. The third-order valence-electron chi connectivity index (χ3n) is 24.7. The maximum Gasteiger partial charge on any atom is 0.281 e. The van der Waals surface area contributed by atoms with Crippen LogP contribution in [0.4, 0.5) is 45.1 Å². The van der Waals surface area contributed by atoms with Crippen LogP contribution in [0.2, 0.25) is 0 Å². The van der Waals surface area contributed by atoms with E-state index in [-0.39, 0.29) is 89.0 Å². The molecule has 0 spiro atoms. The number of halogens is 1. The summed E-state index contributed by atoms with van der Waals surface area (Å²) in [5, 5.41) is 4.79. The van der Waals surface area contributed by atoms with E-state index < -0.39 is 69.5 Å². The fourth-order valence-corrected chi connectivity index (χ4v) is 20.9. The minimum Gasteiger partial charge on any atom is -0.493 e. The minimum atomic E-state index is -4.28. The van der Waals surface area contributed by atoms with Crippen molar-refractivity contribution in [1.29, 1.82) is 0 Å². The first-order valence-electron chi connectivity index (χ1n) is 48.6. The fraction of sp³-hybridized carbons (Fsp3) is 0.398. The minimum absolute atomic E-state index is 0.000864. The first-order chi connectivity index (χ1) is 69.9. The highest BCUT2D eigenvalue weighted by molar-refractivity contribution is 7.90. The SMILES string of the molecule is CC(C)COc1cc(F)cc(-c2ccc(C(=O)NS(=O)(=O)c3cccc(N)n3)c(N3CCC(C)CC3)n2)c1.CC(C)COc1cncc(-c2ccc(C(=O)NS(=O)(=O)c3cccc(N)n3)c(N3CC(C)CC3(C)C)n2)n1.CC(C)Oc1ccc(-c2ccc(C(=O)NS(=O)(=O)c3cccc(N)n3)c(N3CCC(C)C3(C)C)n2)cn1.CC1CC(C)CN(c2nc(-c3ccc(OC(C)C)nc3)ccc2C(=O)NS(=O)(=O)c2ccn[nH]2)C1. The number of pyridine rings is 9. The van der Waals surface area contributed by atoms with Crippen LogP contribution < -0.4 is 74.6 Å². The van der Waals surface area contributed by atoms with Crippen molar-refractivity contribution in [1.82, 2.24) is 83.9 Å². The smallest absolute Gasteiger partial charge is 0.281 e. The number of hydrogen-bond acceptors (Lipinski definition) is 35. The van der Waals surface area contributed by atoms with E-state index in [0.717, 1.165) is 43.2 Å². The number of aromatic nitrogens is 13. The maximum absolute atomic E-state index is 14.5. The van der Waals surface area contributed by atoms with Gasteiger partial charge < -0.3 is 55.7 Å². The van der Waals surface area contributed by atoms with E-state index in [1.54, 1.807) is 79.3 Å². The lowest BCUT2D eigenvalue weighted by atomic mass is 9.90. The fourth-order valence-electron chi connectivity index (χ4n) is 17.2. The second kappa shape index (κ2) is 47.0. The Hall–Kier alpha value is -14.7. The summed E-state index contributed by atoms with van der Waals surface area (Å²) in [4.78, 5) is 109. The number of amides is 4. The Morgan fingerprint density at radius 1 is 0.432 bits per heavy atom. The maximum atomic E-state index is 14.5. The summed E-state index contributed by atoms with van der Waals surface area (Å²) in [5.41, 5.74) is 21.4. The Kier molecular flexibility index (Phi) is 35.1. The zero-order valence-corrected chi connectivity index (χ0v) is 88.9. The number of nitrogens with zero attached hydrogens (tertiary/aromatic N) is 16. The molecule has 4 fully saturated rings. The largest absolute Gasteiger partial charge is 0.493 e. The van der Waals surface area contributed by atoms with Gasteiger partial charge in [0.05, 0.1) is 89.0 Å². The number of carbonyl (C=O) groups is 4. The Bertz CT molecular complexity index is 7250. The van der Waals surface area contributed by atoms with Gasteiger partial charge in [-0.05, 0) is 244 Å². The molecular weight excluding hydrogens is 1980 g/mol. The van der Waals surface area contributed by atoms with Gasteiger partial charge in [0.1, 0.15) is 58.0 Å². The highest BCUT2D eigenvalue weighted by atomic mass is 32.2. The molecule has 4 unspecified atom stereocenters. The van der Waals surface area contributed by atoms with Crippen molar-refractivity contribution in [3.05, 3.63) is 211 Å². The summed E-state index contributed by atoms with van der Waals surface area (Å²) >= 11 is 0. The van der Waals surface area contributed by atoms with E-state index in [0.29, 0.717) is 169 Å². The van der Waals surface area contributed by atoms with Crippen LogP contribution >= 0.6 is 0 Å². The number of nitrogen functional groups attached to an aromatic ring is 3. The number of nitrogens with two attached hydrogens (primary N) is 3. The third kappa shape index (κ3) is 28.4.